The summed E-state index contributed by atoms with van der Waals surface area (Å²) in [5, 5.41) is 0. The number of carbonyl (C=O) groups excluding carboxylic acids is 3. The van der Waals surface area contributed by atoms with Crippen LogP contribution in [0.25, 0.3) is 0 Å². The van der Waals surface area contributed by atoms with Gasteiger partial charge in [0.2, 0.25) is 5.91 Å². The normalized spacial score (nSPS) is 33.1. The zero-order valence-electron chi connectivity index (χ0n) is 17.2. The van der Waals surface area contributed by atoms with Gasteiger partial charge in [-0.15, -0.1) is 0 Å². The van der Waals surface area contributed by atoms with Gasteiger partial charge in [0.25, 0.3) is 0 Å². The van der Waals surface area contributed by atoms with Crippen LogP contribution in [0.15, 0.2) is 24.4 Å². The highest BCUT2D eigenvalue weighted by Crippen LogP contribution is 2.66. The minimum absolute atomic E-state index is 0.128. The Morgan fingerprint density at radius 2 is 1.72 bits per heavy atom. The number of methoxy groups -OCH3 is 2. The van der Waals surface area contributed by atoms with E-state index in [1.807, 2.05) is 0 Å². The topological polar surface area (TPSA) is 85.8 Å². The van der Waals surface area contributed by atoms with E-state index in [0.717, 1.165) is 32.1 Å². The SMILES string of the molecule is COC(=O)[C@H](C)N(C(=O)C12CC3CC(CC(C(=O)OC)(C3)C1)C2)c1ccccn1. The van der Waals surface area contributed by atoms with E-state index in [-0.39, 0.29) is 11.9 Å². The lowest BCUT2D eigenvalue weighted by Crippen LogP contribution is -2.62. The van der Waals surface area contributed by atoms with Gasteiger partial charge in [0, 0.05) is 6.20 Å². The first-order valence-corrected chi connectivity index (χ1v) is 10.2. The first kappa shape index (κ1) is 19.9. The van der Waals surface area contributed by atoms with E-state index in [9.17, 15) is 14.4 Å². The zero-order chi connectivity index (χ0) is 20.8. The molecule has 1 aromatic rings. The maximum Gasteiger partial charge on any atom is 0.328 e. The molecule has 0 aliphatic heterocycles. The van der Waals surface area contributed by atoms with E-state index in [1.54, 1.807) is 31.3 Å². The smallest absolute Gasteiger partial charge is 0.328 e. The maximum atomic E-state index is 14.0. The third kappa shape index (κ3) is 3.11. The van der Waals surface area contributed by atoms with Crippen molar-refractivity contribution in [3.8, 4) is 0 Å². The predicted molar refractivity (Wildman–Crippen MR) is 105 cm³/mol. The van der Waals surface area contributed by atoms with Gasteiger partial charge in [0.15, 0.2) is 0 Å². The molecule has 4 bridgehead atoms. The Kier molecular flexibility index (Phi) is 4.87. The Labute approximate surface area is 170 Å². The summed E-state index contributed by atoms with van der Waals surface area (Å²) in [6.07, 6.45) is 6.23. The van der Waals surface area contributed by atoms with Crippen molar-refractivity contribution in [1.82, 2.24) is 4.98 Å². The van der Waals surface area contributed by atoms with Crippen LogP contribution in [-0.2, 0) is 23.9 Å². The Bertz CT molecular complexity index is 810. The molecule has 1 aromatic heterocycles. The lowest BCUT2D eigenvalue weighted by atomic mass is 9.44. The summed E-state index contributed by atoms with van der Waals surface area (Å²) >= 11 is 0. The number of pyridine rings is 1. The fourth-order valence-corrected chi connectivity index (χ4v) is 6.47. The van der Waals surface area contributed by atoms with E-state index in [2.05, 4.69) is 4.98 Å². The molecule has 0 aromatic carbocycles. The van der Waals surface area contributed by atoms with Crippen LogP contribution in [-0.4, -0.2) is 43.1 Å². The number of ether oxygens (including phenoxy) is 2. The summed E-state index contributed by atoms with van der Waals surface area (Å²) in [7, 11) is 2.74. The summed E-state index contributed by atoms with van der Waals surface area (Å²) in [4.78, 5) is 44.9. The third-order valence-corrected chi connectivity index (χ3v) is 7.18. The summed E-state index contributed by atoms with van der Waals surface area (Å²) < 4.78 is 10.1. The molecule has 1 heterocycles. The largest absolute Gasteiger partial charge is 0.469 e. The summed E-state index contributed by atoms with van der Waals surface area (Å²) in [6, 6.07) is 4.49. The number of carbonyl (C=O) groups is 3. The van der Waals surface area contributed by atoms with Crippen molar-refractivity contribution in [1.29, 1.82) is 0 Å². The van der Waals surface area contributed by atoms with Gasteiger partial charge in [0.05, 0.1) is 25.0 Å². The van der Waals surface area contributed by atoms with Crippen LogP contribution in [0.2, 0.25) is 0 Å². The van der Waals surface area contributed by atoms with Gasteiger partial charge >= 0.3 is 11.9 Å². The van der Waals surface area contributed by atoms with E-state index < -0.39 is 22.8 Å². The third-order valence-electron chi connectivity index (χ3n) is 7.18. The van der Waals surface area contributed by atoms with Crippen molar-refractivity contribution in [2.45, 2.75) is 51.5 Å². The number of hydrogen-bond acceptors (Lipinski definition) is 6. The van der Waals surface area contributed by atoms with Gasteiger partial charge in [-0.05, 0) is 69.4 Å². The summed E-state index contributed by atoms with van der Waals surface area (Å²) in [5.41, 5.74) is -1.25. The highest BCUT2D eigenvalue weighted by molar-refractivity contribution is 6.02. The molecule has 4 saturated carbocycles. The fourth-order valence-electron chi connectivity index (χ4n) is 6.47. The molecule has 0 spiro atoms. The minimum Gasteiger partial charge on any atom is -0.469 e. The van der Waals surface area contributed by atoms with E-state index in [4.69, 9.17) is 9.47 Å². The molecule has 4 aliphatic rings. The van der Waals surface area contributed by atoms with Gasteiger partial charge < -0.3 is 9.47 Å². The number of amides is 1. The number of nitrogens with zero attached hydrogens (tertiary/aromatic N) is 2. The van der Waals surface area contributed by atoms with Crippen molar-refractivity contribution >= 4 is 23.7 Å². The Morgan fingerprint density at radius 3 is 2.28 bits per heavy atom. The van der Waals surface area contributed by atoms with E-state index >= 15 is 0 Å². The molecular weight excluding hydrogens is 372 g/mol. The first-order chi connectivity index (χ1) is 13.8. The molecule has 29 heavy (non-hydrogen) atoms. The van der Waals surface area contributed by atoms with Crippen LogP contribution in [0.4, 0.5) is 5.82 Å². The maximum absolute atomic E-state index is 14.0. The Hall–Kier alpha value is -2.44. The van der Waals surface area contributed by atoms with Crippen LogP contribution < -0.4 is 4.90 Å². The predicted octanol–water partition coefficient (Wildman–Crippen LogP) is 2.74. The van der Waals surface area contributed by atoms with Gasteiger partial charge in [0.1, 0.15) is 11.9 Å². The number of rotatable bonds is 5. The molecule has 5 rings (SSSR count). The number of hydrogen-bond donors (Lipinski definition) is 0. The molecule has 4 fully saturated rings. The van der Waals surface area contributed by atoms with E-state index in [1.165, 1.54) is 19.1 Å². The molecule has 0 N–H and O–H groups in total. The Morgan fingerprint density at radius 1 is 1.07 bits per heavy atom. The molecule has 4 aliphatic carbocycles. The molecule has 2 unspecified atom stereocenters. The second-order valence-corrected chi connectivity index (χ2v) is 9.08. The molecule has 0 saturated heterocycles. The molecule has 3 atom stereocenters. The average molecular weight is 400 g/mol. The minimum atomic E-state index is -0.801. The molecule has 1 amide bonds. The molecule has 156 valence electrons. The lowest BCUT2D eigenvalue weighted by molar-refractivity contribution is -0.181. The van der Waals surface area contributed by atoms with Gasteiger partial charge in [-0.25, -0.2) is 9.78 Å². The summed E-state index contributed by atoms with van der Waals surface area (Å²) in [6.45, 7) is 1.66. The van der Waals surface area contributed by atoms with Crippen molar-refractivity contribution in [3.63, 3.8) is 0 Å². The van der Waals surface area contributed by atoms with Gasteiger partial charge in [-0.2, -0.15) is 0 Å². The van der Waals surface area contributed by atoms with Crippen molar-refractivity contribution in [3.05, 3.63) is 24.4 Å². The second kappa shape index (κ2) is 7.11. The van der Waals surface area contributed by atoms with Crippen LogP contribution in [0.3, 0.4) is 0 Å². The van der Waals surface area contributed by atoms with Crippen molar-refractivity contribution < 1.29 is 23.9 Å². The second-order valence-electron chi connectivity index (χ2n) is 9.08. The van der Waals surface area contributed by atoms with Crippen LogP contribution in [0.5, 0.6) is 0 Å². The molecule has 7 heteroatoms. The zero-order valence-corrected chi connectivity index (χ0v) is 17.2. The van der Waals surface area contributed by atoms with Gasteiger partial charge in [-0.1, -0.05) is 6.07 Å². The number of esters is 2. The number of anilines is 1. The summed E-state index contributed by atoms with van der Waals surface area (Å²) in [5.74, 6) is 0.275. The lowest BCUT2D eigenvalue weighted by Gasteiger charge is -2.60. The van der Waals surface area contributed by atoms with E-state index in [0.29, 0.717) is 24.1 Å². The molecule has 0 radical (unpaired) electrons. The highest BCUT2D eigenvalue weighted by atomic mass is 16.5. The standard InChI is InChI=1S/C22H28N2O5/c1-14(18(25)28-2)24(17-6-4-5-7-23-17)19(26)21-9-15-8-16(10-21)12-22(11-15,13-21)20(27)29-3/h4-7,14-16H,8-13H2,1-3H3/t14-,15?,16?,21?,22?/m0/s1. The molecule has 7 nitrogen and oxygen atoms in total. The Balaban J connectivity index is 1.74. The fraction of sp³-hybridized carbons (Fsp3) is 0.636. The monoisotopic (exact) mass is 400 g/mol. The van der Waals surface area contributed by atoms with Crippen LogP contribution in [0, 0.1) is 22.7 Å². The quantitative estimate of drug-likeness (QED) is 0.707. The van der Waals surface area contributed by atoms with Gasteiger partial charge in [-0.3, -0.25) is 14.5 Å². The van der Waals surface area contributed by atoms with Crippen LogP contribution >= 0.6 is 0 Å². The van der Waals surface area contributed by atoms with Crippen molar-refractivity contribution in [2.24, 2.45) is 22.7 Å². The number of aromatic nitrogens is 1. The average Bonchev–Trinajstić information content (AvgIpc) is 2.72. The first-order valence-electron chi connectivity index (χ1n) is 10.2. The van der Waals surface area contributed by atoms with Crippen molar-refractivity contribution in [2.75, 3.05) is 19.1 Å². The molecular formula is C22H28N2O5. The highest BCUT2D eigenvalue weighted by Gasteiger charge is 2.64. The van der Waals surface area contributed by atoms with Crippen LogP contribution in [0.1, 0.15) is 45.4 Å².